The van der Waals surface area contributed by atoms with E-state index < -0.39 is 0 Å². The number of hydrogen-bond donors (Lipinski definition) is 1. The first-order valence-electron chi connectivity index (χ1n) is 6.67. The molecule has 0 fully saturated rings. The molecule has 0 radical (unpaired) electrons. The maximum absolute atomic E-state index is 11.9. The smallest absolute Gasteiger partial charge is 0.137 e. The maximum Gasteiger partial charge on any atom is 0.137 e. The lowest BCUT2D eigenvalue weighted by molar-refractivity contribution is -0.118. The molecule has 0 aromatic heterocycles. The van der Waals surface area contributed by atoms with Crippen LogP contribution >= 0.6 is 15.9 Å². The summed E-state index contributed by atoms with van der Waals surface area (Å²) in [6.07, 6.45) is 2.84. The molecule has 0 spiro atoms. The first-order chi connectivity index (χ1) is 9.63. The minimum Gasteiger partial charge on any atom is -0.508 e. The average Bonchev–Trinajstić information content (AvgIpc) is 2.44. The molecule has 0 unspecified atom stereocenters. The van der Waals surface area contributed by atoms with Gasteiger partial charge in [-0.25, -0.2) is 0 Å². The van der Waals surface area contributed by atoms with Gasteiger partial charge in [-0.3, -0.25) is 4.79 Å². The van der Waals surface area contributed by atoms with Crippen LogP contribution in [0.15, 0.2) is 53.0 Å². The van der Waals surface area contributed by atoms with Crippen LogP contribution in [-0.4, -0.2) is 10.9 Å². The number of benzene rings is 2. The highest BCUT2D eigenvalue weighted by molar-refractivity contribution is 9.10. The van der Waals surface area contributed by atoms with E-state index in [1.807, 2.05) is 12.1 Å². The number of carbonyl (C=O) groups excluding carboxylic acids is 1. The van der Waals surface area contributed by atoms with Gasteiger partial charge in [-0.2, -0.15) is 0 Å². The molecule has 0 aliphatic rings. The summed E-state index contributed by atoms with van der Waals surface area (Å²) in [4.78, 5) is 11.9. The highest BCUT2D eigenvalue weighted by Crippen LogP contribution is 2.14. The molecule has 0 saturated carbocycles. The minimum atomic E-state index is 0.233. The number of rotatable bonds is 6. The van der Waals surface area contributed by atoms with Crippen molar-refractivity contribution in [2.45, 2.75) is 25.7 Å². The number of phenolic OH excluding ortho intramolecular Hbond substituents is 1. The fraction of sp³-hybridized carbons (Fsp3) is 0.235. The highest BCUT2D eigenvalue weighted by Gasteiger charge is 2.04. The Kier molecular flexibility index (Phi) is 5.36. The highest BCUT2D eigenvalue weighted by atomic mass is 79.9. The van der Waals surface area contributed by atoms with Gasteiger partial charge < -0.3 is 5.11 Å². The van der Waals surface area contributed by atoms with Gasteiger partial charge in [-0.05, 0) is 48.2 Å². The van der Waals surface area contributed by atoms with E-state index in [0.29, 0.717) is 12.8 Å². The number of Topliss-reactive ketones (excluding diaryl/α,β-unsaturated/α-hetero) is 1. The van der Waals surface area contributed by atoms with Crippen molar-refractivity contribution in [2.75, 3.05) is 0 Å². The Morgan fingerprint density at radius 3 is 2.20 bits per heavy atom. The molecular formula is C17H17BrO2. The van der Waals surface area contributed by atoms with Crippen LogP contribution in [0.2, 0.25) is 0 Å². The third-order valence-electron chi connectivity index (χ3n) is 3.17. The van der Waals surface area contributed by atoms with Crippen molar-refractivity contribution in [3.63, 3.8) is 0 Å². The summed E-state index contributed by atoms with van der Waals surface area (Å²) in [6, 6.07) is 15.0. The van der Waals surface area contributed by atoms with Gasteiger partial charge in [0.1, 0.15) is 11.5 Å². The first-order valence-corrected chi connectivity index (χ1v) is 7.47. The van der Waals surface area contributed by atoms with E-state index in [0.717, 1.165) is 22.9 Å². The molecule has 0 bridgehead atoms. The fourth-order valence-electron chi connectivity index (χ4n) is 2.07. The van der Waals surface area contributed by atoms with Gasteiger partial charge in [0, 0.05) is 17.3 Å². The number of aromatic hydroxyl groups is 1. The minimum absolute atomic E-state index is 0.233. The normalized spacial score (nSPS) is 10.4. The summed E-state index contributed by atoms with van der Waals surface area (Å²) >= 11 is 3.41. The molecular weight excluding hydrogens is 316 g/mol. The van der Waals surface area contributed by atoms with E-state index in [4.69, 9.17) is 0 Å². The Balaban J connectivity index is 1.75. The van der Waals surface area contributed by atoms with Gasteiger partial charge in [-0.15, -0.1) is 0 Å². The van der Waals surface area contributed by atoms with Crippen LogP contribution in [0.1, 0.15) is 24.0 Å². The lowest BCUT2D eigenvalue weighted by Gasteiger charge is -2.03. The standard InChI is InChI=1S/C17H17BrO2/c18-15-8-4-13(5-9-15)2-1-3-17(20)12-14-6-10-16(19)11-7-14/h4-11,19H,1-3,12H2. The van der Waals surface area contributed by atoms with Crippen LogP contribution < -0.4 is 0 Å². The van der Waals surface area contributed by atoms with Crippen LogP contribution in [0.5, 0.6) is 5.75 Å². The molecule has 0 heterocycles. The van der Waals surface area contributed by atoms with Crippen LogP contribution in [0.25, 0.3) is 0 Å². The van der Waals surface area contributed by atoms with Crippen molar-refractivity contribution < 1.29 is 9.90 Å². The van der Waals surface area contributed by atoms with Crippen LogP contribution in [-0.2, 0) is 17.6 Å². The third-order valence-corrected chi connectivity index (χ3v) is 3.70. The molecule has 20 heavy (non-hydrogen) atoms. The SMILES string of the molecule is O=C(CCCc1ccc(Br)cc1)Cc1ccc(O)cc1. The van der Waals surface area contributed by atoms with Crippen LogP contribution in [0, 0.1) is 0 Å². The zero-order valence-corrected chi connectivity index (χ0v) is 12.8. The summed E-state index contributed by atoms with van der Waals surface area (Å²) in [6.45, 7) is 0. The average molecular weight is 333 g/mol. The van der Waals surface area contributed by atoms with Crippen molar-refractivity contribution in [1.29, 1.82) is 0 Å². The molecule has 2 aromatic carbocycles. The Hall–Kier alpha value is -1.61. The summed E-state index contributed by atoms with van der Waals surface area (Å²) < 4.78 is 1.07. The molecule has 0 amide bonds. The van der Waals surface area contributed by atoms with Gasteiger partial charge in [-0.1, -0.05) is 40.2 Å². The van der Waals surface area contributed by atoms with Crippen LogP contribution in [0.3, 0.4) is 0 Å². The maximum atomic E-state index is 11.9. The van der Waals surface area contributed by atoms with E-state index in [-0.39, 0.29) is 11.5 Å². The Morgan fingerprint density at radius 2 is 1.55 bits per heavy atom. The number of hydrogen-bond acceptors (Lipinski definition) is 2. The van der Waals surface area contributed by atoms with Crippen molar-refractivity contribution in [2.24, 2.45) is 0 Å². The van der Waals surface area contributed by atoms with Gasteiger partial charge in [0.2, 0.25) is 0 Å². The van der Waals surface area contributed by atoms with Crippen molar-refractivity contribution >= 4 is 21.7 Å². The molecule has 0 saturated heterocycles. The van der Waals surface area contributed by atoms with E-state index in [1.165, 1.54) is 5.56 Å². The van der Waals surface area contributed by atoms with E-state index in [2.05, 4.69) is 28.1 Å². The second kappa shape index (κ2) is 7.25. The predicted molar refractivity (Wildman–Crippen MR) is 83.9 cm³/mol. The largest absolute Gasteiger partial charge is 0.508 e. The molecule has 2 rings (SSSR count). The number of aryl methyl sites for hydroxylation is 1. The molecule has 1 N–H and O–H groups in total. The monoisotopic (exact) mass is 332 g/mol. The molecule has 0 aliphatic carbocycles. The summed E-state index contributed by atoms with van der Waals surface area (Å²) in [7, 11) is 0. The molecule has 104 valence electrons. The second-order valence-electron chi connectivity index (χ2n) is 4.86. The number of ketones is 1. The number of phenols is 1. The zero-order valence-electron chi connectivity index (χ0n) is 11.2. The number of halogens is 1. The molecule has 3 heteroatoms. The fourth-order valence-corrected chi connectivity index (χ4v) is 2.33. The van der Waals surface area contributed by atoms with E-state index in [9.17, 15) is 9.90 Å². The Bertz CT molecular complexity index is 559. The quantitative estimate of drug-likeness (QED) is 0.856. The summed E-state index contributed by atoms with van der Waals surface area (Å²) in [5.74, 6) is 0.476. The Morgan fingerprint density at radius 1 is 0.950 bits per heavy atom. The summed E-state index contributed by atoms with van der Waals surface area (Å²) in [5, 5.41) is 9.19. The number of carbonyl (C=O) groups is 1. The second-order valence-corrected chi connectivity index (χ2v) is 5.78. The van der Waals surface area contributed by atoms with E-state index in [1.54, 1.807) is 24.3 Å². The van der Waals surface area contributed by atoms with Crippen molar-refractivity contribution in [1.82, 2.24) is 0 Å². The lowest BCUT2D eigenvalue weighted by Crippen LogP contribution is -2.03. The van der Waals surface area contributed by atoms with Crippen molar-refractivity contribution in [3.8, 4) is 5.75 Å². The molecule has 0 atom stereocenters. The van der Waals surface area contributed by atoms with Gasteiger partial charge >= 0.3 is 0 Å². The zero-order chi connectivity index (χ0) is 14.4. The summed E-state index contributed by atoms with van der Waals surface area (Å²) in [5.41, 5.74) is 2.21. The van der Waals surface area contributed by atoms with Crippen molar-refractivity contribution in [3.05, 3.63) is 64.1 Å². The predicted octanol–water partition coefficient (Wildman–Crippen LogP) is 4.29. The van der Waals surface area contributed by atoms with Gasteiger partial charge in [0.05, 0.1) is 0 Å². The first kappa shape index (κ1) is 14.8. The molecule has 2 aromatic rings. The lowest BCUT2D eigenvalue weighted by atomic mass is 10.0. The Labute approximate surface area is 127 Å². The van der Waals surface area contributed by atoms with Gasteiger partial charge in [0.15, 0.2) is 0 Å². The van der Waals surface area contributed by atoms with Gasteiger partial charge in [0.25, 0.3) is 0 Å². The van der Waals surface area contributed by atoms with E-state index >= 15 is 0 Å². The third kappa shape index (κ3) is 4.82. The molecule has 0 aliphatic heterocycles. The topological polar surface area (TPSA) is 37.3 Å². The van der Waals surface area contributed by atoms with Crippen LogP contribution in [0.4, 0.5) is 0 Å². The molecule has 2 nitrogen and oxygen atoms in total.